The van der Waals surface area contributed by atoms with E-state index in [1.54, 1.807) is 0 Å². The highest BCUT2D eigenvalue weighted by molar-refractivity contribution is 5.48. The van der Waals surface area contributed by atoms with Crippen molar-refractivity contribution < 1.29 is 5.11 Å². The minimum Gasteiger partial charge on any atom is -0.396 e. The van der Waals surface area contributed by atoms with Crippen molar-refractivity contribution in [1.29, 1.82) is 0 Å². The van der Waals surface area contributed by atoms with Gasteiger partial charge in [0.25, 0.3) is 0 Å². The molecule has 88 valence electrons. The maximum absolute atomic E-state index is 9.11. The number of hydrogen-bond acceptors (Lipinski definition) is 3. The molecular weight excluding hydrogens is 200 g/mol. The van der Waals surface area contributed by atoms with Crippen molar-refractivity contribution in [3.63, 3.8) is 0 Å². The Morgan fingerprint density at radius 3 is 2.69 bits per heavy atom. The Bertz CT molecular complexity index is 323. The summed E-state index contributed by atoms with van der Waals surface area (Å²) in [6.07, 6.45) is 1.11. The fraction of sp³-hybridized carbons (Fsp3) is 0.538. The van der Waals surface area contributed by atoms with E-state index in [4.69, 9.17) is 5.11 Å². The topological polar surface area (TPSA) is 35.5 Å². The number of aliphatic hydroxyl groups is 1. The Morgan fingerprint density at radius 2 is 2.12 bits per heavy atom. The molecule has 1 heterocycles. The SMILES string of the molecule is CNCc1ccc(N2CCC(CO)C2)cc1. The second kappa shape index (κ2) is 5.32. The van der Waals surface area contributed by atoms with E-state index in [1.165, 1.54) is 11.3 Å². The van der Waals surface area contributed by atoms with E-state index in [0.29, 0.717) is 12.5 Å². The molecule has 1 unspecified atom stereocenters. The summed E-state index contributed by atoms with van der Waals surface area (Å²) in [5.74, 6) is 0.456. The molecule has 1 aliphatic heterocycles. The molecule has 0 spiro atoms. The van der Waals surface area contributed by atoms with Crippen LogP contribution in [0.2, 0.25) is 0 Å². The number of anilines is 1. The Morgan fingerprint density at radius 1 is 1.38 bits per heavy atom. The second-order valence-corrected chi connectivity index (χ2v) is 4.48. The Labute approximate surface area is 97.1 Å². The highest BCUT2D eigenvalue weighted by Gasteiger charge is 2.21. The van der Waals surface area contributed by atoms with Crippen molar-refractivity contribution in [2.45, 2.75) is 13.0 Å². The van der Waals surface area contributed by atoms with Crippen LogP contribution in [-0.2, 0) is 6.54 Å². The van der Waals surface area contributed by atoms with Gasteiger partial charge in [0.05, 0.1) is 0 Å². The highest BCUT2D eigenvalue weighted by Crippen LogP contribution is 2.23. The van der Waals surface area contributed by atoms with Crippen LogP contribution in [0.4, 0.5) is 5.69 Å². The van der Waals surface area contributed by atoms with Crippen LogP contribution in [0.15, 0.2) is 24.3 Å². The maximum Gasteiger partial charge on any atom is 0.0476 e. The zero-order valence-corrected chi connectivity index (χ0v) is 9.82. The lowest BCUT2D eigenvalue weighted by atomic mass is 10.1. The second-order valence-electron chi connectivity index (χ2n) is 4.48. The molecule has 3 nitrogen and oxygen atoms in total. The van der Waals surface area contributed by atoms with E-state index in [2.05, 4.69) is 34.5 Å². The number of rotatable bonds is 4. The molecule has 16 heavy (non-hydrogen) atoms. The van der Waals surface area contributed by atoms with Gasteiger partial charge in [0, 0.05) is 37.8 Å². The average molecular weight is 220 g/mol. The molecule has 1 aliphatic rings. The minimum absolute atomic E-state index is 0.314. The molecule has 0 aliphatic carbocycles. The first-order valence-electron chi connectivity index (χ1n) is 5.93. The molecule has 0 radical (unpaired) electrons. The van der Waals surface area contributed by atoms with E-state index in [0.717, 1.165) is 26.1 Å². The van der Waals surface area contributed by atoms with Crippen molar-refractivity contribution in [3.8, 4) is 0 Å². The molecule has 0 bridgehead atoms. The first kappa shape index (κ1) is 11.4. The first-order valence-corrected chi connectivity index (χ1v) is 5.93. The monoisotopic (exact) mass is 220 g/mol. The van der Waals surface area contributed by atoms with E-state index in [9.17, 15) is 0 Å². The van der Waals surface area contributed by atoms with Gasteiger partial charge in [0.2, 0.25) is 0 Å². The lowest BCUT2D eigenvalue weighted by Gasteiger charge is -2.18. The number of aliphatic hydroxyl groups excluding tert-OH is 1. The molecule has 1 aromatic carbocycles. The predicted octanol–water partition coefficient (Wildman–Crippen LogP) is 1.22. The fourth-order valence-corrected chi connectivity index (χ4v) is 2.24. The summed E-state index contributed by atoms with van der Waals surface area (Å²) in [6.45, 7) is 3.28. The van der Waals surface area contributed by atoms with Crippen molar-refractivity contribution in [2.75, 3.05) is 31.6 Å². The third-order valence-corrected chi connectivity index (χ3v) is 3.23. The van der Waals surface area contributed by atoms with Gasteiger partial charge in [-0.2, -0.15) is 0 Å². The standard InChI is InChI=1S/C13H20N2O/c1-14-8-11-2-4-13(5-3-11)15-7-6-12(9-15)10-16/h2-5,12,14,16H,6-10H2,1H3. The van der Waals surface area contributed by atoms with Crippen molar-refractivity contribution in [2.24, 2.45) is 5.92 Å². The van der Waals surface area contributed by atoms with Crippen LogP contribution < -0.4 is 10.2 Å². The Kier molecular flexibility index (Phi) is 3.80. The van der Waals surface area contributed by atoms with Crippen LogP contribution >= 0.6 is 0 Å². The van der Waals surface area contributed by atoms with E-state index in [-0.39, 0.29) is 0 Å². The third-order valence-electron chi connectivity index (χ3n) is 3.23. The molecule has 0 aromatic heterocycles. The summed E-state index contributed by atoms with van der Waals surface area (Å²) in [4.78, 5) is 2.35. The van der Waals surface area contributed by atoms with Gasteiger partial charge in [-0.25, -0.2) is 0 Å². The van der Waals surface area contributed by atoms with Gasteiger partial charge in [-0.1, -0.05) is 12.1 Å². The summed E-state index contributed by atoms with van der Waals surface area (Å²) >= 11 is 0. The largest absolute Gasteiger partial charge is 0.396 e. The normalized spacial score (nSPS) is 20.4. The van der Waals surface area contributed by atoms with Crippen LogP contribution in [0.1, 0.15) is 12.0 Å². The van der Waals surface area contributed by atoms with Gasteiger partial charge < -0.3 is 15.3 Å². The molecule has 0 amide bonds. The van der Waals surface area contributed by atoms with E-state index < -0.39 is 0 Å². The molecule has 3 heteroatoms. The van der Waals surface area contributed by atoms with E-state index >= 15 is 0 Å². The zero-order valence-electron chi connectivity index (χ0n) is 9.82. The van der Waals surface area contributed by atoms with E-state index in [1.807, 2.05) is 7.05 Å². The van der Waals surface area contributed by atoms with Gasteiger partial charge in [-0.3, -0.25) is 0 Å². The Balaban J connectivity index is 1.99. The molecular formula is C13H20N2O. The van der Waals surface area contributed by atoms with Crippen LogP contribution in [-0.4, -0.2) is 31.9 Å². The van der Waals surface area contributed by atoms with Gasteiger partial charge >= 0.3 is 0 Å². The quantitative estimate of drug-likeness (QED) is 0.801. The van der Waals surface area contributed by atoms with Gasteiger partial charge in [0.1, 0.15) is 0 Å². The van der Waals surface area contributed by atoms with Gasteiger partial charge in [0.15, 0.2) is 0 Å². The minimum atomic E-state index is 0.314. The van der Waals surface area contributed by atoms with Crippen molar-refractivity contribution in [1.82, 2.24) is 5.32 Å². The van der Waals surface area contributed by atoms with Crippen molar-refractivity contribution in [3.05, 3.63) is 29.8 Å². The summed E-state index contributed by atoms with van der Waals surface area (Å²) in [6, 6.07) is 8.68. The number of hydrogen-bond donors (Lipinski definition) is 2. The molecule has 2 rings (SSSR count). The number of benzene rings is 1. The van der Waals surface area contributed by atoms with Crippen LogP contribution in [0.25, 0.3) is 0 Å². The van der Waals surface area contributed by atoms with Crippen LogP contribution in [0.3, 0.4) is 0 Å². The lowest BCUT2D eigenvalue weighted by Crippen LogP contribution is -2.20. The fourth-order valence-electron chi connectivity index (χ4n) is 2.24. The molecule has 1 aromatic rings. The number of nitrogens with one attached hydrogen (secondary N) is 1. The summed E-state index contributed by atoms with van der Waals surface area (Å²) in [5, 5.41) is 12.3. The molecule has 1 saturated heterocycles. The maximum atomic E-state index is 9.11. The predicted molar refractivity (Wildman–Crippen MR) is 66.6 cm³/mol. The number of nitrogens with zero attached hydrogens (tertiary/aromatic N) is 1. The van der Waals surface area contributed by atoms with Crippen LogP contribution in [0, 0.1) is 5.92 Å². The van der Waals surface area contributed by atoms with Gasteiger partial charge in [-0.15, -0.1) is 0 Å². The molecule has 1 atom stereocenters. The summed E-state index contributed by atoms with van der Waals surface area (Å²) in [5.41, 5.74) is 2.58. The molecule has 0 saturated carbocycles. The summed E-state index contributed by atoms with van der Waals surface area (Å²) in [7, 11) is 1.96. The highest BCUT2D eigenvalue weighted by atomic mass is 16.3. The summed E-state index contributed by atoms with van der Waals surface area (Å²) < 4.78 is 0. The van der Waals surface area contributed by atoms with Gasteiger partial charge in [-0.05, 0) is 31.2 Å². The molecule has 2 N–H and O–H groups in total. The third kappa shape index (κ3) is 2.54. The smallest absolute Gasteiger partial charge is 0.0476 e. The van der Waals surface area contributed by atoms with Crippen LogP contribution in [0.5, 0.6) is 0 Å². The molecule has 1 fully saturated rings. The zero-order chi connectivity index (χ0) is 11.4. The first-order chi connectivity index (χ1) is 7.83. The lowest BCUT2D eigenvalue weighted by molar-refractivity contribution is 0.238. The van der Waals surface area contributed by atoms with Crippen molar-refractivity contribution >= 4 is 5.69 Å². The average Bonchev–Trinajstić information content (AvgIpc) is 2.79. The Hall–Kier alpha value is -1.06.